The van der Waals surface area contributed by atoms with Gasteiger partial charge in [-0.25, -0.2) is 0 Å². The number of rotatable bonds is 4. The Bertz CT molecular complexity index is 289. The van der Waals surface area contributed by atoms with E-state index in [-0.39, 0.29) is 0 Å². The lowest BCUT2D eigenvalue weighted by molar-refractivity contribution is 0.406. The Morgan fingerprint density at radius 2 is 2.00 bits per heavy atom. The van der Waals surface area contributed by atoms with Gasteiger partial charge in [-0.15, -0.1) is 0 Å². The zero-order valence-corrected chi connectivity index (χ0v) is 9.55. The summed E-state index contributed by atoms with van der Waals surface area (Å²) in [6.07, 6.45) is 2.24. The van der Waals surface area contributed by atoms with Crippen LogP contribution in [0.25, 0.3) is 0 Å². The number of methoxy groups -OCH3 is 1. The van der Waals surface area contributed by atoms with E-state index >= 15 is 0 Å². The van der Waals surface area contributed by atoms with Crippen molar-refractivity contribution in [3.8, 4) is 5.75 Å². The second-order valence-corrected chi connectivity index (χ2v) is 3.75. The fourth-order valence-electron chi connectivity index (χ4n) is 1.69. The number of benzene rings is 1. The topological polar surface area (TPSA) is 9.23 Å². The van der Waals surface area contributed by atoms with Gasteiger partial charge in [0.25, 0.3) is 0 Å². The monoisotopic (exact) mass is 191 g/mol. The van der Waals surface area contributed by atoms with Crippen LogP contribution in [-0.4, -0.2) is 7.11 Å². The molecule has 0 aliphatic rings. The fraction of sp³-hybridized carbons (Fsp3) is 0.462. The minimum atomic E-state index is 1.05. The van der Waals surface area contributed by atoms with Gasteiger partial charge in [0.05, 0.1) is 7.11 Å². The highest BCUT2D eigenvalue weighted by Crippen LogP contribution is 2.29. The van der Waals surface area contributed by atoms with Crippen molar-refractivity contribution in [3.63, 3.8) is 0 Å². The molecule has 0 aliphatic carbocycles. The molecule has 0 aliphatic heterocycles. The van der Waals surface area contributed by atoms with Crippen LogP contribution >= 0.6 is 0 Å². The number of aryl methyl sites for hydroxylation is 1. The zero-order chi connectivity index (χ0) is 10.6. The summed E-state index contributed by atoms with van der Waals surface area (Å²) in [5.74, 6) is 2.36. The highest BCUT2D eigenvalue weighted by atomic mass is 16.5. The molecular weight excluding hydrogens is 172 g/mol. The molecule has 0 atom stereocenters. The van der Waals surface area contributed by atoms with E-state index in [1.54, 1.807) is 7.11 Å². The van der Waals surface area contributed by atoms with Crippen molar-refractivity contribution in [1.29, 1.82) is 0 Å². The van der Waals surface area contributed by atoms with E-state index in [0.717, 1.165) is 18.6 Å². The van der Waals surface area contributed by atoms with Crippen molar-refractivity contribution in [2.75, 3.05) is 7.11 Å². The van der Waals surface area contributed by atoms with Gasteiger partial charge in [-0.2, -0.15) is 0 Å². The quantitative estimate of drug-likeness (QED) is 0.706. The van der Waals surface area contributed by atoms with Crippen LogP contribution in [0.2, 0.25) is 0 Å². The van der Waals surface area contributed by atoms with Gasteiger partial charge in [0, 0.05) is 11.5 Å². The van der Waals surface area contributed by atoms with Gasteiger partial charge in [0.2, 0.25) is 0 Å². The van der Waals surface area contributed by atoms with Crippen LogP contribution in [0.5, 0.6) is 5.75 Å². The molecule has 1 rings (SSSR count). The van der Waals surface area contributed by atoms with Crippen LogP contribution in [0, 0.1) is 5.92 Å². The number of hydrogen-bond donors (Lipinski definition) is 0. The molecule has 0 fully saturated rings. The first kappa shape index (κ1) is 11.1. The van der Waals surface area contributed by atoms with Crippen LogP contribution in [-0.2, 0) is 6.42 Å². The van der Waals surface area contributed by atoms with Crippen molar-refractivity contribution < 1.29 is 4.74 Å². The molecule has 1 aromatic rings. The molecule has 1 heteroatoms. The molecule has 0 bridgehead atoms. The standard InChI is InChI=1S/C13H19O/c1-5-7-11-8-6-9-12(10(2)3)13(11)14-4/h6,8-9H,5,7H2,1-4H3. The smallest absolute Gasteiger partial charge is 0.125 e. The predicted molar refractivity (Wildman–Crippen MR) is 60.7 cm³/mol. The second-order valence-electron chi connectivity index (χ2n) is 3.75. The molecule has 0 spiro atoms. The van der Waals surface area contributed by atoms with Gasteiger partial charge in [-0.3, -0.25) is 0 Å². The third kappa shape index (κ3) is 2.28. The van der Waals surface area contributed by atoms with Crippen LogP contribution in [0.4, 0.5) is 0 Å². The summed E-state index contributed by atoms with van der Waals surface area (Å²) < 4.78 is 5.47. The first-order chi connectivity index (χ1) is 6.70. The predicted octanol–water partition coefficient (Wildman–Crippen LogP) is 3.61. The molecule has 14 heavy (non-hydrogen) atoms. The second kappa shape index (κ2) is 5.04. The minimum absolute atomic E-state index is 1.05. The molecule has 0 saturated carbocycles. The SMILES string of the molecule is CCCc1cccc([C](C)C)c1OC. The Labute approximate surface area is 87.1 Å². The van der Waals surface area contributed by atoms with Gasteiger partial charge in [-0.05, 0) is 12.0 Å². The van der Waals surface area contributed by atoms with E-state index in [9.17, 15) is 0 Å². The molecule has 0 saturated heterocycles. The van der Waals surface area contributed by atoms with Crippen LogP contribution in [0.15, 0.2) is 18.2 Å². The number of para-hydroxylation sites is 1. The third-order valence-electron chi connectivity index (χ3n) is 2.36. The van der Waals surface area contributed by atoms with Crippen LogP contribution in [0.1, 0.15) is 38.3 Å². The Morgan fingerprint density at radius 1 is 1.29 bits per heavy atom. The van der Waals surface area contributed by atoms with E-state index in [4.69, 9.17) is 4.74 Å². The summed E-state index contributed by atoms with van der Waals surface area (Å²) in [7, 11) is 1.75. The molecule has 0 aromatic heterocycles. The fourth-order valence-corrected chi connectivity index (χ4v) is 1.69. The summed E-state index contributed by atoms with van der Waals surface area (Å²) in [6.45, 7) is 6.43. The van der Waals surface area contributed by atoms with Gasteiger partial charge in [-0.1, -0.05) is 45.4 Å². The average Bonchev–Trinajstić information content (AvgIpc) is 2.18. The van der Waals surface area contributed by atoms with Gasteiger partial charge in [0.15, 0.2) is 0 Å². The van der Waals surface area contributed by atoms with Crippen LogP contribution < -0.4 is 4.74 Å². The van der Waals surface area contributed by atoms with E-state index in [1.165, 1.54) is 17.0 Å². The first-order valence-corrected chi connectivity index (χ1v) is 5.17. The Kier molecular flexibility index (Phi) is 3.99. The third-order valence-corrected chi connectivity index (χ3v) is 2.36. The highest BCUT2D eigenvalue weighted by molar-refractivity contribution is 5.47. The molecule has 1 aromatic carbocycles. The first-order valence-electron chi connectivity index (χ1n) is 5.17. The molecule has 0 N–H and O–H groups in total. The van der Waals surface area contributed by atoms with Crippen molar-refractivity contribution in [2.45, 2.75) is 33.6 Å². The lowest BCUT2D eigenvalue weighted by Gasteiger charge is -2.15. The Morgan fingerprint density at radius 3 is 2.50 bits per heavy atom. The normalized spacial score (nSPS) is 10.6. The maximum Gasteiger partial charge on any atom is 0.125 e. The highest BCUT2D eigenvalue weighted by Gasteiger charge is 2.10. The summed E-state index contributed by atoms with van der Waals surface area (Å²) in [5, 5.41) is 0. The van der Waals surface area contributed by atoms with Crippen molar-refractivity contribution in [2.24, 2.45) is 0 Å². The average molecular weight is 191 g/mol. The van der Waals surface area contributed by atoms with E-state index < -0.39 is 0 Å². The van der Waals surface area contributed by atoms with Crippen LogP contribution in [0.3, 0.4) is 0 Å². The molecule has 1 radical (unpaired) electrons. The number of ether oxygens (including phenoxy) is 1. The van der Waals surface area contributed by atoms with Crippen molar-refractivity contribution in [1.82, 2.24) is 0 Å². The summed E-state index contributed by atoms with van der Waals surface area (Å²) in [5.41, 5.74) is 2.55. The summed E-state index contributed by atoms with van der Waals surface area (Å²) in [6, 6.07) is 6.37. The van der Waals surface area contributed by atoms with E-state index in [2.05, 4.69) is 39.0 Å². The Balaban J connectivity index is 3.11. The van der Waals surface area contributed by atoms with Gasteiger partial charge in [0.1, 0.15) is 5.75 Å². The van der Waals surface area contributed by atoms with Gasteiger partial charge >= 0.3 is 0 Å². The molecule has 0 amide bonds. The van der Waals surface area contributed by atoms with E-state index in [0.29, 0.717) is 0 Å². The molecule has 1 nitrogen and oxygen atoms in total. The van der Waals surface area contributed by atoms with Crippen molar-refractivity contribution >= 4 is 0 Å². The minimum Gasteiger partial charge on any atom is -0.496 e. The maximum atomic E-state index is 5.47. The summed E-state index contributed by atoms with van der Waals surface area (Å²) >= 11 is 0. The molecular formula is C13H19O. The zero-order valence-electron chi connectivity index (χ0n) is 9.55. The number of hydrogen-bond acceptors (Lipinski definition) is 1. The largest absolute Gasteiger partial charge is 0.496 e. The lowest BCUT2D eigenvalue weighted by Crippen LogP contribution is -1.99. The van der Waals surface area contributed by atoms with Gasteiger partial charge < -0.3 is 4.74 Å². The lowest BCUT2D eigenvalue weighted by atomic mass is 9.97. The Hall–Kier alpha value is -0.980. The maximum absolute atomic E-state index is 5.47. The molecule has 0 unspecified atom stereocenters. The van der Waals surface area contributed by atoms with Crippen molar-refractivity contribution in [3.05, 3.63) is 35.2 Å². The molecule has 77 valence electrons. The van der Waals surface area contributed by atoms with E-state index in [1.807, 2.05) is 0 Å². The molecule has 0 heterocycles. The summed E-state index contributed by atoms with van der Waals surface area (Å²) in [4.78, 5) is 0.